The standard InChI is InChI=1S/C23H25F2N5O4/c24-20(25)21-26-16-3-1-2-4-17(16)30(21)18-13-19(28-23(27-18)29-9-11-33-12-10-29)34-15-7-5-14(6-8-15)22(31)32/h1-4,13-15,20H,5-12H2,(H,31,32). The number of nitrogens with zero attached hydrogens (tertiary/aromatic N) is 5. The summed E-state index contributed by atoms with van der Waals surface area (Å²) in [6, 6.07) is 8.46. The highest BCUT2D eigenvalue weighted by molar-refractivity contribution is 5.78. The van der Waals surface area contributed by atoms with Gasteiger partial charge in [-0.15, -0.1) is 0 Å². The number of anilines is 1. The number of imidazole rings is 1. The lowest BCUT2D eigenvalue weighted by Gasteiger charge is -2.29. The molecule has 11 heteroatoms. The number of hydrogen-bond donors (Lipinski definition) is 1. The van der Waals surface area contributed by atoms with Crippen LogP contribution in [0.3, 0.4) is 0 Å². The van der Waals surface area contributed by atoms with Gasteiger partial charge in [-0.05, 0) is 37.8 Å². The molecule has 0 radical (unpaired) electrons. The molecule has 5 rings (SSSR count). The minimum Gasteiger partial charge on any atom is -0.481 e. The zero-order valence-corrected chi connectivity index (χ0v) is 18.4. The number of ether oxygens (including phenoxy) is 2. The summed E-state index contributed by atoms with van der Waals surface area (Å²) >= 11 is 0. The number of fused-ring (bicyclic) bond motifs is 1. The number of carboxylic acids is 1. The van der Waals surface area contributed by atoms with Gasteiger partial charge in [-0.25, -0.2) is 13.8 Å². The Morgan fingerprint density at radius 2 is 1.82 bits per heavy atom. The summed E-state index contributed by atoms with van der Waals surface area (Å²) in [6.07, 6.45) is -0.792. The van der Waals surface area contributed by atoms with Gasteiger partial charge in [0.2, 0.25) is 11.8 Å². The number of rotatable bonds is 6. The van der Waals surface area contributed by atoms with Gasteiger partial charge >= 0.3 is 5.97 Å². The third kappa shape index (κ3) is 4.52. The van der Waals surface area contributed by atoms with Crippen LogP contribution in [0.4, 0.5) is 14.7 Å². The molecule has 0 atom stereocenters. The van der Waals surface area contributed by atoms with Crippen LogP contribution in [0.1, 0.15) is 37.9 Å². The fraction of sp³-hybridized carbons (Fsp3) is 0.478. The second-order valence-electron chi connectivity index (χ2n) is 8.49. The first-order valence-electron chi connectivity index (χ1n) is 11.4. The summed E-state index contributed by atoms with van der Waals surface area (Å²) in [7, 11) is 0. The van der Waals surface area contributed by atoms with Gasteiger partial charge < -0.3 is 19.5 Å². The van der Waals surface area contributed by atoms with Crippen LogP contribution < -0.4 is 9.64 Å². The van der Waals surface area contributed by atoms with Crippen LogP contribution in [0, 0.1) is 5.92 Å². The minimum absolute atomic E-state index is 0.204. The van der Waals surface area contributed by atoms with E-state index < -0.39 is 18.2 Å². The third-order valence-corrected chi connectivity index (χ3v) is 6.29. The van der Waals surface area contributed by atoms with Crippen LogP contribution in [-0.2, 0) is 9.53 Å². The summed E-state index contributed by atoms with van der Waals surface area (Å²) in [4.78, 5) is 26.5. The van der Waals surface area contributed by atoms with Crippen molar-refractivity contribution in [3.8, 4) is 11.7 Å². The van der Waals surface area contributed by atoms with Gasteiger partial charge in [0.1, 0.15) is 11.9 Å². The summed E-state index contributed by atoms with van der Waals surface area (Å²) in [6.45, 7) is 2.16. The van der Waals surface area contributed by atoms with Crippen molar-refractivity contribution in [2.45, 2.75) is 38.2 Å². The topological polar surface area (TPSA) is 103 Å². The number of alkyl halides is 2. The fourth-order valence-corrected chi connectivity index (χ4v) is 4.51. The Morgan fingerprint density at radius 3 is 2.53 bits per heavy atom. The summed E-state index contributed by atoms with van der Waals surface area (Å²) < 4.78 is 40.8. The van der Waals surface area contributed by atoms with Crippen molar-refractivity contribution in [1.29, 1.82) is 0 Å². The molecule has 0 unspecified atom stereocenters. The highest BCUT2D eigenvalue weighted by Gasteiger charge is 2.28. The van der Waals surface area contributed by atoms with E-state index in [1.807, 2.05) is 4.90 Å². The first kappa shape index (κ1) is 22.5. The second-order valence-corrected chi connectivity index (χ2v) is 8.49. The number of aliphatic carboxylic acids is 1. The number of aromatic nitrogens is 4. The van der Waals surface area contributed by atoms with Crippen LogP contribution in [0.15, 0.2) is 30.3 Å². The predicted molar refractivity (Wildman–Crippen MR) is 119 cm³/mol. The van der Waals surface area contributed by atoms with E-state index in [2.05, 4.69) is 15.0 Å². The van der Waals surface area contributed by atoms with Crippen molar-refractivity contribution in [1.82, 2.24) is 19.5 Å². The molecule has 9 nitrogen and oxygen atoms in total. The highest BCUT2D eigenvalue weighted by atomic mass is 19.3. The molecule has 0 amide bonds. The van der Waals surface area contributed by atoms with Gasteiger partial charge in [-0.2, -0.15) is 9.97 Å². The number of halogens is 2. The van der Waals surface area contributed by atoms with Crippen molar-refractivity contribution in [3.63, 3.8) is 0 Å². The lowest BCUT2D eigenvalue weighted by molar-refractivity contribution is -0.143. The second kappa shape index (κ2) is 9.49. The molecule has 1 aromatic carbocycles. The number of para-hydroxylation sites is 2. The Morgan fingerprint density at radius 1 is 1.09 bits per heavy atom. The Bertz CT molecular complexity index is 1170. The summed E-state index contributed by atoms with van der Waals surface area (Å²) in [5.74, 6) is -0.675. The maximum Gasteiger partial charge on any atom is 0.306 e. The molecule has 3 heterocycles. The third-order valence-electron chi connectivity index (χ3n) is 6.29. The number of carbonyl (C=O) groups is 1. The SMILES string of the molecule is O=C(O)C1CCC(Oc2cc(-n3c(C(F)F)nc4ccccc43)nc(N3CCOCC3)n2)CC1. The van der Waals surface area contributed by atoms with E-state index in [1.54, 1.807) is 30.3 Å². The largest absolute Gasteiger partial charge is 0.481 e. The molecule has 1 N–H and O–H groups in total. The number of hydrogen-bond acceptors (Lipinski definition) is 7. The molecule has 0 spiro atoms. The van der Waals surface area contributed by atoms with E-state index in [1.165, 1.54) is 4.57 Å². The van der Waals surface area contributed by atoms with Crippen LogP contribution in [0.5, 0.6) is 5.88 Å². The van der Waals surface area contributed by atoms with E-state index in [4.69, 9.17) is 9.47 Å². The smallest absolute Gasteiger partial charge is 0.306 e. The van der Waals surface area contributed by atoms with Crippen LogP contribution in [0.25, 0.3) is 16.9 Å². The van der Waals surface area contributed by atoms with E-state index in [-0.39, 0.29) is 23.7 Å². The average molecular weight is 473 g/mol. The Hall–Kier alpha value is -3.34. The molecular weight excluding hydrogens is 448 g/mol. The lowest BCUT2D eigenvalue weighted by atomic mass is 9.87. The summed E-state index contributed by atoms with van der Waals surface area (Å²) in [5, 5.41) is 9.25. The molecule has 34 heavy (non-hydrogen) atoms. The van der Waals surface area contributed by atoms with Crippen LogP contribution in [0.2, 0.25) is 0 Å². The van der Waals surface area contributed by atoms with Crippen molar-refractivity contribution in [2.75, 3.05) is 31.2 Å². The maximum atomic E-state index is 13.9. The van der Waals surface area contributed by atoms with E-state index in [9.17, 15) is 18.7 Å². The summed E-state index contributed by atoms with van der Waals surface area (Å²) in [5.41, 5.74) is 0.955. The highest BCUT2D eigenvalue weighted by Crippen LogP contribution is 2.31. The zero-order valence-electron chi connectivity index (χ0n) is 18.4. The number of morpholine rings is 1. The van der Waals surface area contributed by atoms with Crippen LogP contribution in [-0.4, -0.2) is 63.0 Å². The van der Waals surface area contributed by atoms with Crippen LogP contribution >= 0.6 is 0 Å². The maximum absolute atomic E-state index is 13.9. The molecule has 1 aliphatic heterocycles. The monoisotopic (exact) mass is 473 g/mol. The molecule has 2 aliphatic rings. The van der Waals surface area contributed by atoms with Crippen molar-refractivity contribution in [2.24, 2.45) is 5.92 Å². The minimum atomic E-state index is -2.80. The van der Waals surface area contributed by atoms with Crippen molar-refractivity contribution in [3.05, 3.63) is 36.2 Å². The van der Waals surface area contributed by atoms with Gasteiger partial charge in [0.05, 0.1) is 30.2 Å². The van der Waals surface area contributed by atoms with Gasteiger partial charge in [0.15, 0.2) is 5.82 Å². The van der Waals surface area contributed by atoms with Gasteiger partial charge in [-0.3, -0.25) is 9.36 Å². The fourth-order valence-electron chi connectivity index (χ4n) is 4.51. The molecule has 1 aliphatic carbocycles. The first-order chi connectivity index (χ1) is 16.5. The quantitative estimate of drug-likeness (QED) is 0.579. The molecule has 180 valence electrons. The number of benzene rings is 1. The first-order valence-corrected chi connectivity index (χ1v) is 11.4. The molecule has 3 aromatic rings. The number of carboxylic acid groups (broad SMARTS) is 1. The molecule has 1 saturated heterocycles. The molecule has 1 saturated carbocycles. The van der Waals surface area contributed by atoms with Crippen molar-refractivity contribution < 1.29 is 28.2 Å². The van der Waals surface area contributed by atoms with E-state index in [0.717, 1.165) is 0 Å². The molecular formula is C23H25F2N5O4. The normalized spacial score (nSPS) is 21.2. The Balaban J connectivity index is 1.53. The lowest BCUT2D eigenvalue weighted by Crippen LogP contribution is -2.37. The molecule has 0 bridgehead atoms. The Labute approximate surface area is 194 Å². The Kier molecular flexibility index (Phi) is 6.27. The van der Waals surface area contributed by atoms with Gasteiger partial charge in [-0.1, -0.05) is 12.1 Å². The van der Waals surface area contributed by atoms with Crippen molar-refractivity contribution >= 4 is 23.0 Å². The zero-order chi connectivity index (χ0) is 23.7. The van der Waals surface area contributed by atoms with E-state index >= 15 is 0 Å². The van der Waals surface area contributed by atoms with Gasteiger partial charge in [0.25, 0.3) is 6.43 Å². The molecule has 2 fully saturated rings. The van der Waals surface area contributed by atoms with E-state index in [0.29, 0.717) is 69.0 Å². The molecule has 2 aromatic heterocycles. The average Bonchev–Trinajstić information content (AvgIpc) is 3.25. The predicted octanol–water partition coefficient (Wildman–Crippen LogP) is 3.61. The van der Waals surface area contributed by atoms with Gasteiger partial charge in [0, 0.05) is 19.2 Å².